The number of benzene rings is 2. The average molecular weight is 401 g/mol. The Labute approximate surface area is 174 Å². The standard InChI is InChI=1S/C24H23N3O3/c1-14-21(18-8-3-4-9-19(18)25-14)20(28)13-27-22(29)24(2,26-23(27)30)17-11-10-15-6-5-7-16(15)12-17/h3-4,8-12,25H,5-7,13H2,1-2H3,(H,26,30). The van der Waals surface area contributed by atoms with Crippen molar-refractivity contribution in [2.75, 3.05) is 6.54 Å². The molecule has 0 spiro atoms. The van der Waals surface area contributed by atoms with Crippen molar-refractivity contribution in [1.82, 2.24) is 15.2 Å². The molecule has 5 rings (SSSR count). The molecule has 1 atom stereocenters. The second-order valence-electron chi connectivity index (χ2n) is 8.38. The second kappa shape index (κ2) is 6.55. The molecule has 0 saturated carbocycles. The molecule has 0 bridgehead atoms. The maximum atomic E-state index is 13.3. The number of para-hydroxylation sites is 1. The minimum Gasteiger partial charge on any atom is -0.358 e. The number of ketones is 1. The van der Waals surface area contributed by atoms with Crippen molar-refractivity contribution in [2.45, 2.75) is 38.6 Å². The highest BCUT2D eigenvalue weighted by atomic mass is 16.2. The summed E-state index contributed by atoms with van der Waals surface area (Å²) in [6.07, 6.45) is 3.15. The lowest BCUT2D eigenvalue weighted by Gasteiger charge is -2.23. The number of hydrogen-bond donors (Lipinski definition) is 2. The zero-order valence-electron chi connectivity index (χ0n) is 17.0. The van der Waals surface area contributed by atoms with Crippen molar-refractivity contribution >= 4 is 28.6 Å². The smallest absolute Gasteiger partial charge is 0.325 e. The van der Waals surface area contributed by atoms with E-state index in [1.54, 1.807) is 6.92 Å². The second-order valence-corrected chi connectivity index (χ2v) is 8.38. The molecule has 1 fully saturated rings. The lowest BCUT2D eigenvalue weighted by Crippen LogP contribution is -2.41. The molecular weight excluding hydrogens is 378 g/mol. The molecule has 1 unspecified atom stereocenters. The van der Waals surface area contributed by atoms with E-state index >= 15 is 0 Å². The number of aromatic nitrogens is 1. The zero-order valence-corrected chi connectivity index (χ0v) is 17.0. The van der Waals surface area contributed by atoms with E-state index in [4.69, 9.17) is 0 Å². The van der Waals surface area contributed by atoms with Crippen molar-refractivity contribution in [2.24, 2.45) is 0 Å². The van der Waals surface area contributed by atoms with Crippen LogP contribution in [0.25, 0.3) is 10.9 Å². The summed E-state index contributed by atoms with van der Waals surface area (Å²) in [6, 6.07) is 13.0. The molecule has 2 N–H and O–H groups in total. The molecule has 2 aliphatic rings. The molecule has 2 heterocycles. The van der Waals surface area contributed by atoms with Crippen LogP contribution < -0.4 is 5.32 Å². The van der Waals surface area contributed by atoms with Crippen molar-refractivity contribution < 1.29 is 14.4 Å². The van der Waals surface area contributed by atoms with Crippen molar-refractivity contribution in [1.29, 1.82) is 0 Å². The third kappa shape index (κ3) is 2.67. The topological polar surface area (TPSA) is 82.3 Å². The van der Waals surface area contributed by atoms with E-state index in [9.17, 15) is 14.4 Å². The number of nitrogens with one attached hydrogen (secondary N) is 2. The largest absolute Gasteiger partial charge is 0.358 e. The molecule has 3 amide bonds. The van der Waals surface area contributed by atoms with Gasteiger partial charge in [-0.25, -0.2) is 4.79 Å². The molecule has 1 saturated heterocycles. The van der Waals surface area contributed by atoms with Gasteiger partial charge in [-0.15, -0.1) is 0 Å². The molecule has 1 aliphatic carbocycles. The van der Waals surface area contributed by atoms with Gasteiger partial charge in [0.25, 0.3) is 5.91 Å². The molecule has 152 valence electrons. The Morgan fingerprint density at radius 1 is 1.10 bits per heavy atom. The summed E-state index contributed by atoms with van der Waals surface area (Å²) in [5.74, 6) is -0.650. The van der Waals surface area contributed by atoms with Gasteiger partial charge < -0.3 is 10.3 Å². The number of amides is 3. The van der Waals surface area contributed by atoms with E-state index in [-0.39, 0.29) is 12.3 Å². The number of hydrogen-bond acceptors (Lipinski definition) is 3. The third-order valence-corrected chi connectivity index (χ3v) is 6.42. The van der Waals surface area contributed by atoms with Gasteiger partial charge in [0.05, 0.1) is 6.54 Å². The molecule has 0 radical (unpaired) electrons. The Balaban J connectivity index is 1.44. The summed E-state index contributed by atoms with van der Waals surface area (Å²) >= 11 is 0. The van der Waals surface area contributed by atoms with Crippen LogP contribution in [0.1, 0.15) is 46.1 Å². The first-order chi connectivity index (χ1) is 14.4. The third-order valence-electron chi connectivity index (χ3n) is 6.42. The van der Waals surface area contributed by atoms with Crippen LogP contribution in [-0.4, -0.2) is 34.2 Å². The highest BCUT2D eigenvalue weighted by Crippen LogP contribution is 2.33. The van der Waals surface area contributed by atoms with Crippen LogP contribution in [0.2, 0.25) is 0 Å². The van der Waals surface area contributed by atoms with E-state index in [1.165, 1.54) is 11.1 Å². The number of aromatic amines is 1. The van der Waals surface area contributed by atoms with Crippen LogP contribution in [0.4, 0.5) is 4.79 Å². The zero-order chi connectivity index (χ0) is 21.0. The molecule has 3 aromatic rings. The van der Waals surface area contributed by atoms with Crippen LogP contribution in [-0.2, 0) is 23.2 Å². The number of nitrogens with zero attached hydrogens (tertiary/aromatic N) is 1. The first kappa shape index (κ1) is 18.6. The van der Waals surface area contributed by atoms with Crippen LogP contribution in [0.5, 0.6) is 0 Å². The Hall–Kier alpha value is -3.41. The minimum absolute atomic E-state index is 0.258. The summed E-state index contributed by atoms with van der Waals surface area (Å²) in [5.41, 5.74) is 4.26. The van der Waals surface area contributed by atoms with E-state index in [0.29, 0.717) is 5.56 Å². The van der Waals surface area contributed by atoms with Gasteiger partial charge in [0, 0.05) is 22.2 Å². The maximum Gasteiger partial charge on any atom is 0.325 e. The van der Waals surface area contributed by atoms with E-state index < -0.39 is 17.5 Å². The predicted molar refractivity (Wildman–Crippen MR) is 113 cm³/mol. The van der Waals surface area contributed by atoms with Gasteiger partial charge in [-0.2, -0.15) is 0 Å². The lowest BCUT2D eigenvalue weighted by atomic mass is 9.89. The van der Waals surface area contributed by atoms with E-state index in [2.05, 4.69) is 10.3 Å². The fourth-order valence-electron chi connectivity index (χ4n) is 4.78. The number of H-pyrrole nitrogens is 1. The maximum absolute atomic E-state index is 13.3. The Morgan fingerprint density at radius 2 is 1.87 bits per heavy atom. The number of rotatable bonds is 4. The number of imide groups is 1. The Kier molecular flexibility index (Phi) is 4.07. The molecule has 1 aliphatic heterocycles. The van der Waals surface area contributed by atoms with Crippen LogP contribution in [0.15, 0.2) is 42.5 Å². The van der Waals surface area contributed by atoms with Crippen molar-refractivity contribution in [3.63, 3.8) is 0 Å². The fourth-order valence-corrected chi connectivity index (χ4v) is 4.78. The summed E-state index contributed by atoms with van der Waals surface area (Å²) in [6.45, 7) is 3.26. The van der Waals surface area contributed by atoms with Gasteiger partial charge >= 0.3 is 6.03 Å². The molecule has 1 aromatic heterocycles. The van der Waals surface area contributed by atoms with Crippen LogP contribution in [0.3, 0.4) is 0 Å². The summed E-state index contributed by atoms with van der Waals surface area (Å²) in [5, 5.41) is 3.62. The normalized spacial score (nSPS) is 20.7. The number of carbonyl (C=O) groups is 3. The molecule has 2 aromatic carbocycles. The van der Waals surface area contributed by atoms with Crippen LogP contribution in [0, 0.1) is 6.92 Å². The van der Waals surface area contributed by atoms with Crippen LogP contribution >= 0.6 is 0 Å². The van der Waals surface area contributed by atoms with Gasteiger partial charge in [-0.1, -0.05) is 36.4 Å². The van der Waals surface area contributed by atoms with Crippen molar-refractivity contribution in [3.8, 4) is 0 Å². The molecule has 6 nitrogen and oxygen atoms in total. The fraction of sp³-hybridized carbons (Fsp3) is 0.292. The summed E-state index contributed by atoms with van der Waals surface area (Å²) in [4.78, 5) is 43.3. The van der Waals surface area contributed by atoms with Gasteiger partial charge in [0.2, 0.25) is 0 Å². The Morgan fingerprint density at radius 3 is 2.70 bits per heavy atom. The van der Waals surface area contributed by atoms with E-state index in [0.717, 1.165) is 46.3 Å². The average Bonchev–Trinajstić information content (AvgIpc) is 3.38. The molecule has 30 heavy (non-hydrogen) atoms. The number of carbonyl (C=O) groups excluding carboxylic acids is 3. The predicted octanol–water partition coefficient (Wildman–Crippen LogP) is 3.61. The van der Waals surface area contributed by atoms with Gasteiger partial charge in [-0.3, -0.25) is 14.5 Å². The SMILES string of the molecule is Cc1[nH]c2ccccc2c1C(=O)CN1C(=O)NC(C)(c2ccc3c(c2)CCC3)C1=O. The lowest BCUT2D eigenvalue weighted by molar-refractivity contribution is -0.130. The first-order valence-electron chi connectivity index (χ1n) is 10.3. The quantitative estimate of drug-likeness (QED) is 0.517. The minimum atomic E-state index is -1.16. The number of fused-ring (bicyclic) bond motifs is 2. The summed E-state index contributed by atoms with van der Waals surface area (Å²) in [7, 11) is 0. The molecular formula is C24H23N3O3. The number of Topliss-reactive ketones (excluding diaryl/α,β-unsaturated/α-hetero) is 1. The highest BCUT2D eigenvalue weighted by molar-refractivity contribution is 6.15. The number of urea groups is 1. The van der Waals surface area contributed by atoms with E-state index in [1.807, 2.05) is 49.4 Å². The highest BCUT2D eigenvalue weighted by Gasteiger charge is 2.49. The van der Waals surface area contributed by atoms with Gasteiger partial charge in [0.15, 0.2) is 5.78 Å². The molecule has 6 heteroatoms. The van der Waals surface area contributed by atoms with Gasteiger partial charge in [0.1, 0.15) is 5.54 Å². The monoisotopic (exact) mass is 401 g/mol. The number of aryl methyl sites for hydroxylation is 3. The van der Waals surface area contributed by atoms with Gasteiger partial charge in [-0.05, 0) is 55.9 Å². The first-order valence-corrected chi connectivity index (χ1v) is 10.3. The Bertz CT molecular complexity index is 1230. The summed E-state index contributed by atoms with van der Waals surface area (Å²) < 4.78 is 0. The van der Waals surface area contributed by atoms with Crippen molar-refractivity contribution in [3.05, 3.63) is 70.4 Å².